The molecule has 0 bridgehead atoms. The molecule has 0 spiro atoms. The highest BCUT2D eigenvalue weighted by molar-refractivity contribution is 5.98. The summed E-state index contributed by atoms with van der Waals surface area (Å²) in [4.78, 5) is 11.8. The molecule has 5 heteroatoms. The number of halogens is 3. The fourth-order valence-electron chi connectivity index (χ4n) is 2.67. The van der Waals surface area contributed by atoms with Gasteiger partial charge in [-0.25, -0.2) is 0 Å². The van der Waals surface area contributed by atoms with Crippen molar-refractivity contribution in [2.24, 2.45) is 0 Å². The van der Waals surface area contributed by atoms with E-state index in [2.05, 4.69) is 0 Å². The Morgan fingerprint density at radius 1 is 1.00 bits per heavy atom. The van der Waals surface area contributed by atoms with Gasteiger partial charge in [-0.15, -0.1) is 0 Å². The van der Waals surface area contributed by atoms with Gasteiger partial charge in [-0.3, -0.25) is 4.79 Å². The summed E-state index contributed by atoms with van der Waals surface area (Å²) in [5, 5.41) is 0. The summed E-state index contributed by atoms with van der Waals surface area (Å²) in [6, 6.07) is 10.2. The monoisotopic (exact) mass is 320 g/mol. The number of benzene rings is 2. The van der Waals surface area contributed by atoms with E-state index >= 15 is 0 Å². The van der Waals surface area contributed by atoms with E-state index in [9.17, 15) is 18.0 Å². The zero-order valence-corrected chi connectivity index (χ0v) is 12.3. The van der Waals surface area contributed by atoms with Crippen molar-refractivity contribution in [3.05, 3.63) is 64.7 Å². The zero-order chi connectivity index (χ0) is 16.4. The predicted octanol–water partition coefficient (Wildman–Crippen LogP) is 4.80. The van der Waals surface area contributed by atoms with Crippen molar-refractivity contribution in [1.82, 2.24) is 0 Å². The van der Waals surface area contributed by atoms with Crippen molar-refractivity contribution in [3.63, 3.8) is 0 Å². The number of alkyl halides is 3. The zero-order valence-electron chi connectivity index (χ0n) is 12.3. The number of aryl methyl sites for hydroxylation is 1. The Labute approximate surface area is 131 Å². The van der Waals surface area contributed by atoms with Crippen LogP contribution in [0.2, 0.25) is 0 Å². The van der Waals surface area contributed by atoms with Crippen LogP contribution in [0.3, 0.4) is 0 Å². The van der Waals surface area contributed by atoms with Crippen molar-refractivity contribution in [2.45, 2.75) is 32.0 Å². The molecule has 0 amide bonds. The number of ketones is 1. The fourth-order valence-corrected chi connectivity index (χ4v) is 2.67. The van der Waals surface area contributed by atoms with Gasteiger partial charge >= 0.3 is 6.18 Å². The van der Waals surface area contributed by atoms with E-state index in [-0.39, 0.29) is 12.4 Å². The number of rotatable bonds is 3. The lowest BCUT2D eigenvalue weighted by molar-refractivity contribution is -0.137. The molecule has 0 saturated heterocycles. The molecule has 2 nitrogen and oxygen atoms in total. The average Bonchev–Trinajstić information content (AvgIpc) is 2.52. The summed E-state index contributed by atoms with van der Waals surface area (Å²) < 4.78 is 43.1. The van der Waals surface area contributed by atoms with Crippen LogP contribution < -0.4 is 4.74 Å². The minimum atomic E-state index is -4.33. The second-order valence-electron chi connectivity index (χ2n) is 5.58. The maximum atomic E-state index is 12.5. The molecule has 1 aliphatic carbocycles. The van der Waals surface area contributed by atoms with Crippen LogP contribution in [0.1, 0.15) is 39.9 Å². The van der Waals surface area contributed by atoms with Crippen molar-refractivity contribution >= 4 is 5.78 Å². The SMILES string of the molecule is O=C1CCCc2cc(OCc3ccc(C(F)(F)F)cc3)ccc21. The van der Waals surface area contributed by atoms with Crippen LogP contribution >= 0.6 is 0 Å². The summed E-state index contributed by atoms with van der Waals surface area (Å²) in [6.07, 6.45) is -2.06. The Morgan fingerprint density at radius 3 is 2.43 bits per heavy atom. The highest BCUT2D eigenvalue weighted by atomic mass is 19.4. The number of carbonyl (C=O) groups is 1. The normalized spacial score (nSPS) is 14.5. The molecule has 2 aromatic rings. The maximum absolute atomic E-state index is 12.5. The van der Waals surface area contributed by atoms with E-state index < -0.39 is 11.7 Å². The first-order chi connectivity index (χ1) is 10.9. The van der Waals surface area contributed by atoms with Gasteiger partial charge < -0.3 is 4.74 Å². The third-order valence-corrected chi connectivity index (χ3v) is 3.91. The molecular weight excluding hydrogens is 305 g/mol. The topological polar surface area (TPSA) is 26.3 Å². The largest absolute Gasteiger partial charge is 0.489 e. The Bertz CT molecular complexity index is 718. The first-order valence-corrected chi connectivity index (χ1v) is 7.38. The quantitative estimate of drug-likeness (QED) is 0.812. The van der Waals surface area contributed by atoms with Gasteiger partial charge in [-0.2, -0.15) is 13.2 Å². The van der Waals surface area contributed by atoms with Crippen LogP contribution in [0.25, 0.3) is 0 Å². The van der Waals surface area contributed by atoms with Crippen LogP contribution in [0, 0.1) is 0 Å². The molecule has 1 aliphatic rings. The van der Waals surface area contributed by atoms with Gasteiger partial charge in [-0.1, -0.05) is 12.1 Å². The molecular formula is C18H15F3O2. The molecule has 2 aromatic carbocycles. The Hall–Kier alpha value is -2.30. The minimum Gasteiger partial charge on any atom is -0.489 e. The van der Waals surface area contributed by atoms with Crippen molar-refractivity contribution in [2.75, 3.05) is 0 Å². The predicted molar refractivity (Wildman–Crippen MR) is 79.5 cm³/mol. The Morgan fingerprint density at radius 2 is 1.74 bits per heavy atom. The van der Waals surface area contributed by atoms with E-state index in [0.29, 0.717) is 17.7 Å². The summed E-state index contributed by atoms with van der Waals surface area (Å²) in [5.41, 5.74) is 1.71. The van der Waals surface area contributed by atoms with Crippen molar-refractivity contribution < 1.29 is 22.7 Å². The van der Waals surface area contributed by atoms with E-state index in [1.807, 2.05) is 6.07 Å². The molecule has 0 aromatic heterocycles. The van der Waals surface area contributed by atoms with Gasteiger partial charge in [-0.05, 0) is 54.3 Å². The fraction of sp³-hybridized carbons (Fsp3) is 0.278. The number of carbonyl (C=O) groups excluding carboxylic acids is 1. The molecule has 0 aliphatic heterocycles. The second-order valence-corrected chi connectivity index (χ2v) is 5.58. The van der Waals surface area contributed by atoms with Gasteiger partial charge in [0.15, 0.2) is 5.78 Å². The molecule has 0 heterocycles. The first kappa shape index (κ1) is 15.6. The Balaban J connectivity index is 1.68. The molecule has 0 saturated carbocycles. The van der Waals surface area contributed by atoms with Crippen molar-refractivity contribution in [1.29, 1.82) is 0 Å². The molecule has 0 atom stereocenters. The van der Waals surface area contributed by atoms with Crippen LogP contribution in [0.5, 0.6) is 5.75 Å². The smallest absolute Gasteiger partial charge is 0.416 e. The highest BCUT2D eigenvalue weighted by Gasteiger charge is 2.29. The van der Waals surface area contributed by atoms with Crippen LogP contribution in [0.4, 0.5) is 13.2 Å². The number of fused-ring (bicyclic) bond motifs is 1. The van der Waals surface area contributed by atoms with Crippen LogP contribution in [-0.4, -0.2) is 5.78 Å². The highest BCUT2D eigenvalue weighted by Crippen LogP contribution is 2.29. The Kier molecular flexibility index (Phi) is 4.11. The van der Waals surface area contributed by atoms with E-state index in [1.54, 1.807) is 12.1 Å². The molecule has 0 fully saturated rings. The first-order valence-electron chi connectivity index (χ1n) is 7.38. The molecule has 23 heavy (non-hydrogen) atoms. The van der Waals surface area contributed by atoms with Gasteiger partial charge in [0.05, 0.1) is 5.56 Å². The van der Waals surface area contributed by atoms with E-state index in [4.69, 9.17) is 4.74 Å². The lowest BCUT2D eigenvalue weighted by Crippen LogP contribution is -2.10. The third kappa shape index (κ3) is 3.55. The summed E-state index contributed by atoms with van der Waals surface area (Å²) in [5.74, 6) is 0.777. The molecule has 0 radical (unpaired) electrons. The van der Waals surface area contributed by atoms with E-state index in [0.717, 1.165) is 36.1 Å². The lowest BCUT2D eigenvalue weighted by atomic mass is 9.90. The van der Waals surface area contributed by atoms with Gasteiger partial charge in [0.2, 0.25) is 0 Å². The van der Waals surface area contributed by atoms with Crippen molar-refractivity contribution in [3.8, 4) is 5.75 Å². The summed E-state index contributed by atoms with van der Waals surface area (Å²) in [7, 11) is 0. The average molecular weight is 320 g/mol. The van der Waals surface area contributed by atoms with Crippen LogP contribution in [0.15, 0.2) is 42.5 Å². The van der Waals surface area contributed by atoms with Crippen LogP contribution in [-0.2, 0) is 19.2 Å². The third-order valence-electron chi connectivity index (χ3n) is 3.91. The number of ether oxygens (including phenoxy) is 1. The maximum Gasteiger partial charge on any atom is 0.416 e. The van der Waals surface area contributed by atoms with Gasteiger partial charge in [0.1, 0.15) is 12.4 Å². The number of Topliss-reactive ketones (excluding diaryl/α,β-unsaturated/α-hetero) is 1. The summed E-state index contributed by atoms with van der Waals surface area (Å²) >= 11 is 0. The molecule has 0 N–H and O–H groups in total. The standard InChI is InChI=1S/C18H15F3O2/c19-18(20,21)14-6-4-12(5-7-14)11-23-15-8-9-16-13(10-15)2-1-3-17(16)22/h4-10H,1-3,11H2. The minimum absolute atomic E-state index is 0.153. The molecule has 0 unspecified atom stereocenters. The second kappa shape index (κ2) is 6.07. The summed E-state index contributed by atoms with van der Waals surface area (Å²) in [6.45, 7) is 0.185. The van der Waals surface area contributed by atoms with Gasteiger partial charge in [0, 0.05) is 12.0 Å². The van der Waals surface area contributed by atoms with Gasteiger partial charge in [0.25, 0.3) is 0 Å². The lowest BCUT2D eigenvalue weighted by Gasteiger charge is -2.16. The van der Waals surface area contributed by atoms with E-state index in [1.165, 1.54) is 12.1 Å². The number of hydrogen-bond donors (Lipinski definition) is 0. The molecule has 120 valence electrons. The number of hydrogen-bond acceptors (Lipinski definition) is 2. The molecule has 3 rings (SSSR count).